The van der Waals surface area contributed by atoms with E-state index in [-0.39, 0.29) is 12.1 Å². The monoisotopic (exact) mass is 382 g/mol. The van der Waals surface area contributed by atoms with Crippen LogP contribution in [0.25, 0.3) is 0 Å². The first-order valence-corrected chi connectivity index (χ1v) is 9.89. The van der Waals surface area contributed by atoms with Crippen LogP contribution in [0.4, 0.5) is 0 Å². The average Bonchev–Trinajstić information content (AvgIpc) is 2.54. The predicted molar refractivity (Wildman–Crippen MR) is 101 cm³/mol. The van der Waals surface area contributed by atoms with Crippen molar-refractivity contribution < 1.29 is 9.53 Å². The Morgan fingerprint density at radius 1 is 0.957 bits per heavy atom. The molecule has 0 N–H and O–H groups in total. The number of halogens is 1. The lowest BCUT2D eigenvalue weighted by molar-refractivity contribution is 0.0319. The van der Waals surface area contributed by atoms with Crippen molar-refractivity contribution in [1.29, 1.82) is 0 Å². The van der Waals surface area contributed by atoms with Crippen LogP contribution in [-0.2, 0) is 4.74 Å². The third-order valence-corrected chi connectivity index (χ3v) is 4.63. The Morgan fingerprint density at radius 3 is 2.04 bits per heavy atom. The largest absolute Gasteiger partial charge is 0.459 e. The van der Waals surface area contributed by atoms with E-state index in [4.69, 9.17) is 4.74 Å². The van der Waals surface area contributed by atoms with Crippen LogP contribution in [0, 0.1) is 0 Å². The Morgan fingerprint density at radius 2 is 1.48 bits per heavy atom. The van der Waals surface area contributed by atoms with Gasteiger partial charge in [0.05, 0.1) is 11.7 Å². The van der Waals surface area contributed by atoms with Gasteiger partial charge in [-0.25, -0.2) is 4.79 Å². The maximum Gasteiger partial charge on any atom is 0.338 e. The first kappa shape index (κ1) is 20.2. The van der Waals surface area contributed by atoms with Gasteiger partial charge in [-0.3, -0.25) is 0 Å². The van der Waals surface area contributed by atoms with Crippen LogP contribution in [0.2, 0.25) is 0 Å². The molecule has 1 atom stereocenters. The zero-order valence-electron chi connectivity index (χ0n) is 14.7. The van der Waals surface area contributed by atoms with Crippen LogP contribution in [0.3, 0.4) is 0 Å². The van der Waals surface area contributed by atoms with Gasteiger partial charge in [-0.1, -0.05) is 74.2 Å². The fourth-order valence-corrected chi connectivity index (χ4v) is 2.90. The predicted octanol–water partition coefficient (Wildman–Crippen LogP) is 6.92. The molecule has 23 heavy (non-hydrogen) atoms. The Labute approximate surface area is 150 Å². The fourth-order valence-electron chi connectivity index (χ4n) is 2.64. The van der Waals surface area contributed by atoms with Gasteiger partial charge in [0.2, 0.25) is 0 Å². The molecule has 0 saturated heterocycles. The number of carbonyl (C=O) groups excluding carboxylic acids is 1. The summed E-state index contributed by atoms with van der Waals surface area (Å²) in [5.41, 5.74) is 0.618. The summed E-state index contributed by atoms with van der Waals surface area (Å²) in [5.74, 6) is -0.221. The molecule has 1 aromatic carbocycles. The SMILES string of the molecule is CCCCCCCCCCCC(C)OC(=O)c1ccc(Br)cc1. The summed E-state index contributed by atoms with van der Waals surface area (Å²) in [6.07, 6.45) is 12.8. The lowest BCUT2D eigenvalue weighted by atomic mass is 10.1. The van der Waals surface area contributed by atoms with Gasteiger partial charge in [-0.2, -0.15) is 0 Å². The van der Waals surface area contributed by atoms with E-state index in [9.17, 15) is 4.79 Å². The summed E-state index contributed by atoms with van der Waals surface area (Å²) in [7, 11) is 0. The van der Waals surface area contributed by atoms with Crippen molar-refractivity contribution in [2.75, 3.05) is 0 Å². The number of carbonyl (C=O) groups is 1. The number of rotatable bonds is 12. The summed E-state index contributed by atoms with van der Waals surface area (Å²) < 4.78 is 6.46. The highest BCUT2D eigenvalue weighted by Gasteiger charge is 2.11. The molecular weight excluding hydrogens is 352 g/mol. The number of ether oxygens (including phenoxy) is 1. The average molecular weight is 383 g/mol. The standard InChI is InChI=1S/C20H31BrO2/c1-3-4-5-6-7-8-9-10-11-12-17(2)23-20(22)18-13-15-19(21)16-14-18/h13-17H,3-12H2,1-2H3. The minimum atomic E-state index is -0.221. The molecule has 1 rings (SSSR count). The van der Waals surface area contributed by atoms with Crippen molar-refractivity contribution in [1.82, 2.24) is 0 Å². The lowest BCUT2D eigenvalue weighted by Crippen LogP contribution is -2.14. The van der Waals surface area contributed by atoms with Crippen LogP contribution >= 0.6 is 15.9 Å². The van der Waals surface area contributed by atoms with Crippen molar-refractivity contribution in [3.8, 4) is 0 Å². The smallest absolute Gasteiger partial charge is 0.338 e. The van der Waals surface area contributed by atoms with E-state index in [0.29, 0.717) is 5.56 Å². The summed E-state index contributed by atoms with van der Waals surface area (Å²) in [6.45, 7) is 4.24. The third-order valence-electron chi connectivity index (χ3n) is 4.10. The first-order valence-electron chi connectivity index (χ1n) is 9.10. The second-order valence-electron chi connectivity index (χ2n) is 6.34. The molecule has 0 amide bonds. The molecule has 0 aliphatic rings. The van der Waals surface area contributed by atoms with E-state index in [2.05, 4.69) is 22.9 Å². The maximum absolute atomic E-state index is 12.0. The van der Waals surface area contributed by atoms with Gasteiger partial charge in [0.15, 0.2) is 0 Å². The molecular formula is C20H31BrO2. The van der Waals surface area contributed by atoms with Crippen molar-refractivity contribution >= 4 is 21.9 Å². The van der Waals surface area contributed by atoms with E-state index in [0.717, 1.165) is 17.3 Å². The minimum absolute atomic E-state index is 0.00398. The summed E-state index contributed by atoms with van der Waals surface area (Å²) in [6, 6.07) is 7.30. The minimum Gasteiger partial charge on any atom is -0.459 e. The highest BCUT2D eigenvalue weighted by atomic mass is 79.9. The molecule has 0 spiro atoms. The maximum atomic E-state index is 12.0. The molecule has 1 aromatic rings. The van der Waals surface area contributed by atoms with Crippen LogP contribution in [-0.4, -0.2) is 12.1 Å². The Kier molecular flexibility index (Phi) is 11.1. The van der Waals surface area contributed by atoms with Gasteiger partial charge in [0.25, 0.3) is 0 Å². The van der Waals surface area contributed by atoms with E-state index >= 15 is 0 Å². The van der Waals surface area contributed by atoms with Crippen molar-refractivity contribution in [2.45, 2.75) is 84.2 Å². The fraction of sp³-hybridized carbons (Fsp3) is 0.650. The molecule has 0 aromatic heterocycles. The van der Waals surface area contributed by atoms with Gasteiger partial charge in [-0.15, -0.1) is 0 Å². The van der Waals surface area contributed by atoms with Crippen molar-refractivity contribution in [2.24, 2.45) is 0 Å². The molecule has 1 unspecified atom stereocenters. The van der Waals surface area contributed by atoms with Gasteiger partial charge in [-0.05, 0) is 44.0 Å². The topological polar surface area (TPSA) is 26.3 Å². The lowest BCUT2D eigenvalue weighted by Gasteiger charge is -2.13. The molecule has 130 valence electrons. The second kappa shape index (κ2) is 12.6. The van der Waals surface area contributed by atoms with Crippen LogP contribution in [0.5, 0.6) is 0 Å². The molecule has 0 radical (unpaired) electrons. The number of benzene rings is 1. The third kappa shape index (κ3) is 9.80. The van der Waals surface area contributed by atoms with E-state index in [1.165, 1.54) is 51.4 Å². The van der Waals surface area contributed by atoms with Crippen molar-refractivity contribution in [3.05, 3.63) is 34.3 Å². The second-order valence-corrected chi connectivity index (χ2v) is 7.26. The van der Waals surface area contributed by atoms with Gasteiger partial charge in [0.1, 0.15) is 0 Å². The normalized spacial score (nSPS) is 12.1. The molecule has 0 bridgehead atoms. The first-order chi connectivity index (χ1) is 11.1. The zero-order valence-corrected chi connectivity index (χ0v) is 16.2. The van der Waals surface area contributed by atoms with E-state index < -0.39 is 0 Å². The number of esters is 1. The molecule has 0 aliphatic carbocycles. The Hall–Kier alpha value is -0.830. The zero-order chi connectivity index (χ0) is 16.9. The van der Waals surface area contributed by atoms with Crippen LogP contribution < -0.4 is 0 Å². The molecule has 2 nitrogen and oxygen atoms in total. The number of hydrogen-bond donors (Lipinski definition) is 0. The summed E-state index contributed by atoms with van der Waals surface area (Å²) in [4.78, 5) is 12.0. The summed E-state index contributed by atoms with van der Waals surface area (Å²) in [5, 5.41) is 0. The Bertz CT molecular complexity index is 428. The van der Waals surface area contributed by atoms with Crippen LogP contribution in [0.1, 0.15) is 88.4 Å². The van der Waals surface area contributed by atoms with E-state index in [1.54, 1.807) is 12.1 Å². The molecule has 3 heteroatoms. The number of hydrogen-bond acceptors (Lipinski definition) is 2. The molecule has 0 saturated carbocycles. The van der Waals surface area contributed by atoms with Crippen LogP contribution in [0.15, 0.2) is 28.7 Å². The number of unbranched alkanes of at least 4 members (excludes halogenated alkanes) is 8. The van der Waals surface area contributed by atoms with Gasteiger partial charge < -0.3 is 4.74 Å². The van der Waals surface area contributed by atoms with Gasteiger partial charge >= 0.3 is 5.97 Å². The van der Waals surface area contributed by atoms with Gasteiger partial charge in [0, 0.05) is 4.47 Å². The highest BCUT2D eigenvalue weighted by molar-refractivity contribution is 9.10. The molecule has 0 heterocycles. The highest BCUT2D eigenvalue weighted by Crippen LogP contribution is 2.15. The van der Waals surface area contributed by atoms with E-state index in [1.807, 2.05) is 19.1 Å². The summed E-state index contributed by atoms with van der Waals surface area (Å²) >= 11 is 3.37. The van der Waals surface area contributed by atoms with Crippen molar-refractivity contribution in [3.63, 3.8) is 0 Å². The molecule has 0 aliphatic heterocycles. The quantitative estimate of drug-likeness (QED) is 0.289. The Balaban J connectivity index is 2.04. The molecule has 0 fully saturated rings.